The Morgan fingerprint density at radius 2 is 2.00 bits per heavy atom. The van der Waals surface area contributed by atoms with Gasteiger partial charge in [0.2, 0.25) is 0 Å². The zero-order chi connectivity index (χ0) is 15.6. The number of carbonyl (C=O) groups is 1. The number of thiophene rings is 1. The van der Waals surface area contributed by atoms with Gasteiger partial charge >= 0.3 is 6.18 Å². The van der Waals surface area contributed by atoms with Crippen molar-refractivity contribution < 1.29 is 22.7 Å². The van der Waals surface area contributed by atoms with Gasteiger partial charge in [0.05, 0.1) is 23.2 Å². The average Bonchev–Trinajstić information content (AvgIpc) is 2.84. The number of halogens is 3. The fourth-order valence-corrected chi connectivity index (χ4v) is 2.59. The van der Waals surface area contributed by atoms with Crippen molar-refractivity contribution in [2.45, 2.75) is 13.1 Å². The summed E-state index contributed by atoms with van der Waals surface area (Å²) >= 11 is 1.23. The van der Waals surface area contributed by atoms with Gasteiger partial charge in [0.25, 0.3) is 5.91 Å². The van der Waals surface area contributed by atoms with Gasteiger partial charge in [0, 0.05) is 0 Å². The van der Waals surface area contributed by atoms with Crippen LogP contribution in [0.15, 0.2) is 29.6 Å². The number of anilines is 1. The van der Waals surface area contributed by atoms with Gasteiger partial charge < -0.3 is 10.1 Å². The molecule has 7 heteroatoms. The topological polar surface area (TPSA) is 38.3 Å². The van der Waals surface area contributed by atoms with E-state index in [1.54, 1.807) is 18.4 Å². The Hall–Kier alpha value is -2.02. The van der Waals surface area contributed by atoms with E-state index in [2.05, 4.69) is 5.32 Å². The van der Waals surface area contributed by atoms with E-state index in [4.69, 9.17) is 4.74 Å². The summed E-state index contributed by atoms with van der Waals surface area (Å²) in [6.45, 7) is 1.76. The largest absolute Gasteiger partial charge is 0.495 e. The SMILES string of the molecule is COc1ccc(C(F)(F)F)cc1NC(=O)c1sccc1C. The van der Waals surface area contributed by atoms with E-state index in [0.717, 1.165) is 17.7 Å². The first-order valence-corrected chi connectivity index (χ1v) is 6.81. The van der Waals surface area contributed by atoms with Gasteiger partial charge in [-0.15, -0.1) is 11.3 Å². The van der Waals surface area contributed by atoms with Crippen LogP contribution in [0.5, 0.6) is 5.75 Å². The summed E-state index contributed by atoms with van der Waals surface area (Å²) in [5, 5.41) is 4.21. The molecule has 21 heavy (non-hydrogen) atoms. The first-order valence-electron chi connectivity index (χ1n) is 5.93. The van der Waals surface area contributed by atoms with E-state index in [1.165, 1.54) is 24.5 Å². The minimum absolute atomic E-state index is 0.00914. The lowest BCUT2D eigenvalue weighted by Gasteiger charge is -2.13. The van der Waals surface area contributed by atoms with Crippen molar-refractivity contribution in [1.29, 1.82) is 0 Å². The first-order chi connectivity index (χ1) is 9.82. The lowest BCUT2D eigenvalue weighted by molar-refractivity contribution is -0.137. The van der Waals surface area contributed by atoms with Gasteiger partial charge in [0.15, 0.2) is 0 Å². The fourth-order valence-electron chi connectivity index (χ4n) is 1.77. The molecule has 2 rings (SSSR count). The van der Waals surface area contributed by atoms with E-state index >= 15 is 0 Å². The summed E-state index contributed by atoms with van der Waals surface area (Å²) in [7, 11) is 1.33. The molecule has 112 valence electrons. The Kier molecular flexibility index (Phi) is 4.22. The molecule has 1 aromatic heterocycles. The Labute approximate surface area is 123 Å². The van der Waals surface area contributed by atoms with Crippen LogP contribution in [0.4, 0.5) is 18.9 Å². The van der Waals surface area contributed by atoms with Crippen molar-refractivity contribution in [2.24, 2.45) is 0 Å². The Balaban J connectivity index is 2.34. The van der Waals surface area contributed by atoms with Gasteiger partial charge in [-0.1, -0.05) is 0 Å². The molecule has 0 bridgehead atoms. The van der Waals surface area contributed by atoms with Gasteiger partial charge in [-0.05, 0) is 42.1 Å². The molecule has 0 atom stereocenters. The number of benzene rings is 1. The quantitative estimate of drug-likeness (QED) is 0.915. The number of hydrogen-bond donors (Lipinski definition) is 1. The molecular formula is C14H12F3NO2S. The predicted octanol–water partition coefficient (Wildman–Crippen LogP) is 4.34. The molecule has 0 aliphatic rings. The number of carbonyl (C=O) groups excluding carboxylic acids is 1. The van der Waals surface area contributed by atoms with Crippen molar-refractivity contribution in [3.05, 3.63) is 45.6 Å². The zero-order valence-corrected chi connectivity index (χ0v) is 12.1. The maximum absolute atomic E-state index is 12.7. The van der Waals surface area contributed by atoms with Crippen LogP contribution in [0.1, 0.15) is 20.8 Å². The van der Waals surface area contributed by atoms with Crippen LogP contribution >= 0.6 is 11.3 Å². The monoisotopic (exact) mass is 315 g/mol. The number of aryl methyl sites for hydroxylation is 1. The lowest BCUT2D eigenvalue weighted by Crippen LogP contribution is -2.13. The smallest absolute Gasteiger partial charge is 0.416 e. The summed E-state index contributed by atoms with van der Waals surface area (Å²) < 4.78 is 43.2. The normalized spacial score (nSPS) is 11.3. The highest BCUT2D eigenvalue weighted by atomic mass is 32.1. The number of amides is 1. The molecular weight excluding hydrogens is 303 g/mol. The van der Waals surface area contributed by atoms with Crippen molar-refractivity contribution in [3.8, 4) is 5.75 Å². The van der Waals surface area contributed by atoms with Crippen LogP contribution in [0.2, 0.25) is 0 Å². The van der Waals surface area contributed by atoms with Crippen molar-refractivity contribution in [1.82, 2.24) is 0 Å². The molecule has 1 heterocycles. The number of ether oxygens (including phenoxy) is 1. The maximum atomic E-state index is 12.7. The molecule has 1 amide bonds. The Morgan fingerprint density at radius 3 is 2.52 bits per heavy atom. The number of methoxy groups -OCH3 is 1. The highest BCUT2D eigenvalue weighted by Crippen LogP contribution is 2.35. The highest BCUT2D eigenvalue weighted by molar-refractivity contribution is 7.12. The highest BCUT2D eigenvalue weighted by Gasteiger charge is 2.31. The lowest BCUT2D eigenvalue weighted by atomic mass is 10.1. The average molecular weight is 315 g/mol. The van der Waals surface area contributed by atoms with Gasteiger partial charge in [-0.3, -0.25) is 4.79 Å². The summed E-state index contributed by atoms with van der Waals surface area (Å²) in [6, 6.07) is 4.72. The molecule has 0 aliphatic carbocycles. The van der Waals surface area contributed by atoms with Gasteiger partial charge in [-0.25, -0.2) is 0 Å². The maximum Gasteiger partial charge on any atom is 0.416 e. The number of alkyl halides is 3. The van der Waals surface area contributed by atoms with E-state index in [-0.39, 0.29) is 11.4 Å². The van der Waals surface area contributed by atoms with Crippen molar-refractivity contribution >= 4 is 22.9 Å². The van der Waals surface area contributed by atoms with E-state index in [1.807, 2.05) is 0 Å². The van der Waals surface area contributed by atoms with Crippen molar-refractivity contribution in [2.75, 3.05) is 12.4 Å². The van der Waals surface area contributed by atoms with Crippen LogP contribution in [-0.2, 0) is 6.18 Å². The summed E-state index contributed by atoms with van der Waals surface area (Å²) in [4.78, 5) is 12.5. The summed E-state index contributed by atoms with van der Waals surface area (Å²) in [5.41, 5.74) is -0.0879. The number of nitrogens with one attached hydrogen (secondary N) is 1. The third kappa shape index (κ3) is 3.36. The van der Waals surface area contributed by atoms with E-state index in [9.17, 15) is 18.0 Å². The van der Waals surface area contributed by atoms with Crippen LogP contribution in [0.25, 0.3) is 0 Å². The van der Waals surface area contributed by atoms with E-state index < -0.39 is 17.6 Å². The Bertz CT molecular complexity index is 664. The summed E-state index contributed by atoms with van der Waals surface area (Å²) in [5.74, 6) is -0.286. The first kappa shape index (κ1) is 15.4. The second-order valence-electron chi connectivity index (χ2n) is 4.30. The van der Waals surface area contributed by atoms with Crippen LogP contribution < -0.4 is 10.1 Å². The standard InChI is InChI=1S/C14H12F3NO2S/c1-8-5-6-21-12(8)13(19)18-10-7-9(14(15,16)17)3-4-11(10)20-2/h3-7H,1-2H3,(H,18,19). The second kappa shape index (κ2) is 5.77. The zero-order valence-electron chi connectivity index (χ0n) is 11.2. The molecule has 1 N–H and O–H groups in total. The molecule has 0 saturated heterocycles. The molecule has 0 unspecified atom stereocenters. The van der Waals surface area contributed by atoms with Crippen LogP contribution in [0.3, 0.4) is 0 Å². The molecule has 1 aromatic carbocycles. The van der Waals surface area contributed by atoms with Crippen LogP contribution in [0, 0.1) is 6.92 Å². The van der Waals surface area contributed by atoms with Crippen LogP contribution in [-0.4, -0.2) is 13.0 Å². The number of rotatable bonds is 3. The van der Waals surface area contributed by atoms with Gasteiger partial charge in [0.1, 0.15) is 5.75 Å². The van der Waals surface area contributed by atoms with Gasteiger partial charge in [-0.2, -0.15) is 13.2 Å². The molecule has 0 radical (unpaired) electrons. The minimum atomic E-state index is -4.48. The molecule has 3 nitrogen and oxygen atoms in total. The summed E-state index contributed by atoms with van der Waals surface area (Å²) in [6.07, 6.45) is -4.48. The predicted molar refractivity (Wildman–Crippen MR) is 75.0 cm³/mol. The molecule has 2 aromatic rings. The Morgan fingerprint density at radius 1 is 1.29 bits per heavy atom. The second-order valence-corrected chi connectivity index (χ2v) is 5.22. The molecule has 0 saturated carbocycles. The third-order valence-electron chi connectivity index (χ3n) is 2.84. The minimum Gasteiger partial charge on any atom is -0.495 e. The van der Waals surface area contributed by atoms with Crippen molar-refractivity contribution in [3.63, 3.8) is 0 Å². The number of hydrogen-bond acceptors (Lipinski definition) is 3. The molecule has 0 fully saturated rings. The fraction of sp³-hybridized carbons (Fsp3) is 0.214. The molecule has 0 aliphatic heterocycles. The molecule has 0 spiro atoms. The van der Waals surface area contributed by atoms with E-state index in [0.29, 0.717) is 4.88 Å². The third-order valence-corrected chi connectivity index (χ3v) is 3.86.